The van der Waals surface area contributed by atoms with Crippen LogP contribution in [0.4, 0.5) is 0 Å². The third-order valence-corrected chi connectivity index (χ3v) is 4.34. The molecule has 0 radical (unpaired) electrons. The van der Waals surface area contributed by atoms with Gasteiger partial charge in [0.05, 0.1) is 19.3 Å². The smallest absolute Gasteiger partial charge is 0.250 e. The van der Waals surface area contributed by atoms with Crippen molar-refractivity contribution in [1.29, 1.82) is 0 Å². The van der Waals surface area contributed by atoms with Crippen molar-refractivity contribution in [2.75, 3.05) is 19.8 Å². The summed E-state index contributed by atoms with van der Waals surface area (Å²) < 4.78 is 5.40. The van der Waals surface area contributed by atoms with Crippen LogP contribution < -0.4 is 0 Å². The summed E-state index contributed by atoms with van der Waals surface area (Å²) in [5.74, 6) is -0.244. The normalized spacial score (nSPS) is 24.0. The van der Waals surface area contributed by atoms with E-state index < -0.39 is 6.04 Å². The van der Waals surface area contributed by atoms with Gasteiger partial charge in [0, 0.05) is 13.1 Å². The molecule has 2 amide bonds. The predicted octanol–water partition coefficient (Wildman–Crippen LogP) is 1.50. The largest absolute Gasteiger partial charge is 0.377 e. The van der Waals surface area contributed by atoms with Crippen LogP contribution in [0.5, 0.6) is 0 Å². The zero-order valence-corrected chi connectivity index (χ0v) is 12.7. The second-order valence-electron chi connectivity index (χ2n) is 5.73. The van der Waals surface area contributed by atoms with Gasteiger partial charge in [-0.25, -0.2) is 0 Å². The van der Waals surface area contributed by atoms with E-state index in [2.05, 4.69) is 6.58 Å². The highest BCUT2D eigenvalue weighted by Crippen LogP contribution is 2.35. The molecule has 1 unspecified atom stereocenters. The minimum absolute atomic E-state index is 0.0229. The van der Waals surface area contributed by atoms with Gasteiger partial charge in [-0.15, -0.1) is 0 Å². The number of ether oxygens (including phenoxy) is 1. The van der Waals surface area contributed by atoms with E-state index in [0.29, 0.717) is 26.3 Å². The number of amides is 2. The molecule has 2 heterocycles. The lowest BCUT2D eigenvalue weighted by Gasteiger charge is -2.37. The van der Waals surface area contributed by atoms with E-state index in [4.69, 9.17) is 4.74 Å². The third kappa shape index (κ3) is 2.41. The van der Waals surface area contributed by atoms with Gasteiger partial charge in [0.25, 0.3) is 0 Å². The van der Waals surface area contributed by atoms with Crippen molar-refractivity contribution in [2.24, 2.45) is 0 Å². The van der Waals surface area contributed by atoms with Gasteiger partial charge >= 0.3 is 0 Å². The molecule has 1 fully saturated rings. The molecule has 1 aromatic rings. The molecule has 5 heteroatoms. The van der Waals surface area contributed by atoms with E-state index in [0.717, 1.165) is 11.1 Å². The molecule has 1 saturated heterocycles. The summed E-state index contributed by atoms with van der Waals surface area (Å²) >= 11 is 0. The number of fused-ring (bicyclic) bond motifs is 1. The summed E-state index contributed by atoms with van der Waals surface area (Å²) in [6, 6.07) is 7.20. The monoisotopic (exact) mass is 300 g/mol. The molecule has 2 atom stereocenters. The first-order valence-corrected chi connectivity index (χ1v) is 7.52. The topological polar surface area (TPSA) is 49.9 Å². The van der Waals surface area contributed by atoms with Crippen molar-refractivity contribution >= 4 is 11.8 Å². The number of benzene rings is 1. The molecule has 22 heavy (non-hydrogen) atoms. The number of hydrogen-bond donors (Lipinski definition) is 0. The van der Waals surface area contributed by atoms with Crippen LogP contribution in [0.2, 0.25) is 0 Å². The fourth-order valence-electron chi connectivity index (χ4n) is 3.19. The van der Waals surface area contributed by atoms with Crippen LogP contribution in [-0.4, -0.2) is 47.4 Å². The van der Waals surface area contributed by atoms with E-state index in [9.17, 15) is 9.59 Å². The quantitative estimate of drug-likeness (QED) is 0.778. The Kier molecular flexibility index (Phi) is 3.98. The molecule has 0 bridgehead atoms. The SMILES string of the molecule is C=CC(=O)N1Cc2ccccc2C1C(=O)N1CCOC[C@@H]1C. The molecule has 0 spiro atoms. The Morgan fingerprint density at radius 1 is 1.32 bits per heavy atom. The van der Waals surface area contributed by atoms with Crippen molar-refractivity contribution in [3.05, 3.63) is 48.0 Å². The maximum Gasteiger partial charge on any atom is 0.250 e. The molecule has 5 nitrogen and oxygen atoms in total. The maximum absolute atomic E-state index is 13.0. The van der Waals surface area contributed by atoms with Gasteiger partial charge in [0.1, 0.15) is 6.04 Å². The predicted molar refractivity (Wildman–Crippen MR) is 81.9 cm³/mol. The van der Waals surface area contributed by atoms with Gasteiger partial charge in [0.2, 0.25) is 11.8 Å². The lowest BCUT2D eigenvalue weighted by molar-refractivity contribution is -0.149. The first kappa shape index (κ1) is 14.8. The zero-order chi connectivity index (χ0) is 15.7. The minimum atomic E-state index is -0.553. The van der Waals surface area contributed by atoms with E-state index >= 15 is 0 Å². The van der Waals surface area contributed by atoms with Crippen LogP contribution >= 0.6 is 0 Å². The number of nitrogens with zero attached hydrogens (tertiary/aromatic N) is 2. The lowest BCUT2D eigenvalue weighted by atomic mass is 10.0. The summed E-state index contributed by atoms with van der Waals surface area (Å²) in [7, 11) is 0. The Morgan fingerprint density at radius 3 is 2.82 bits per heavy atom. The third-order valence-electron chi connectivity index (χ3n) is 4.34. The van der Waals surface area contributed by atoms with Gasteiger partial charge in [-0.3, -0.25) is 9.59 Å². The molecule has 2 aliphatic rings. The Labute approximate surface area is 130 Å². The average Bonchev–Trinajstić information content (AvgIpc) is 2.93. The molecule has 0 aromatic heterocycles. The molecule has 1 aromatic carbocycles. The fourth-order valence-corrected chi connectivity index (χ4v) is 3.19. The van der Waals surface area contributed by atoms with E-state index in [-0.39, 0.29) is 17.9 Å². The Morgan fingerprint density at radius 2 is 2.09 bits per heavy atom. The van der Waals surface area contributed by atoms with Gasteiger partial charge in [-0.1, -0.05) is 30.8 Å². The molecular formula is C17H20N2O3. The maximum atomic E-state index is 13.0. The zero-order valence-electron chi connectivity index (χ0n) is 12.7. The second kappa shape index (κ2) is 5.93. The van der Waals surface area contributed by atoms with Crippen LogP contribution in [0, 0.1) is 0 Å². The number of carbonyl (C=O) groups is 2. The highest BCUT2D eigenvalue weighted by atomic mass is 16.5. The van der Waals surface area contributed by atoms with Gasteiger partial charge < -0.3 is 14.5 Å². The Hall–Kier alpha value is -2.14. The number of carbonyl (C=O) groups excluding carboxylic acids is 2. The van der Waals surface area contributed by atoms with E-state index in [1.165, 1.54) is 6.08 Å². The standard InChI is InChI=1S/C17H20N2O3/c1-3-15(20)19-10-13-6-4-5-7-14(13)16(19)17(21)18-8-9-22-11-12(18)2/h3-7,12,16H,1,8-11H2,2H3/t12-,16?/m0/s1. The van der Waals surface area contributed by atoms with E-state index in [1.54, 1.807) is 4.90 Å². The summed E-state index contributed by atoms with van der Waals surface area (Å²) in [4.78, 5) is 28.6. The summed E-state index contributed by atoms with van der Waals surface area (Å²) in [6.07, 6.45) is 1.27. The van der Waals surface area contributed by atoms with Crippen LogP contribution in [0.1, 0.15) is 24.1 Å². The summed E-state index contributed by atoms with van der Waals surface area (Å²) in [6.45, 7) is 7.62. The fraction of sp³-hybridized carbons (Fsp3) is 0.412. The first-order chi connectivity index (χ1) is 10.6. The minimum Gasteiger partial charge on any atom is -0.377 e. The van der Waals surface area contributed by atoms with Crippen molar-refractivity contribution in [3.8, 4) is 0 Å². The molecule has 3 rings (SSSR count). The van der Waals surface area contributed by atoms with Crippen LogP contribution in [0.15, 0.2) is 36.9 Å². The Balaban J connectivity index is 1.95. The van der Waals surface area contributed by atoms with Crippen molar-refractivity contribution in [2.45, 2.75) is 25.6 Å². The Bertz CT molecular complexity index is 614. The first-order valence-electron chi connectivity index (χ1n) is 7.52. The van der Waals surface area contributed by atoms with Crippen molar-refractivity contribution < 1.29 is 14.3 Å². The average molecular weight is 300 g/mol. The van der Waals surface area contributed by atoms with Gasteiger partial charge in [-0.05, 0) is 24.1 Å². The van der Waals surface area contributed by atoms with Gasteiger partial charge in [-0.2, -0.15) is 0 Å². The highest BCUT2D eigenvalue weighted by Gasteiger charge is 2.41. The van der Waals surface area contributed by atoms with E-state index in [1.807, 2.05) is 36.1 Å². The lowest BCUT2D eigenvalue weighted by Crippen LogP contribution is -2.51. The molecule has 0 N–H and O–H groups in total. The molecular weight excluding hydrogens is 280 g/mol. The number of morpholine rings is 1. The molecule has 0 aliphatic carbocycles. The summed E-state index contributed by atoms with van der Waals surface area (Å²) in [5.41, 5.74) is 1.94. The highest BCUT2D eigenvalue weighted by molar-refractivity contribution is 5.94. The van der Waals surface area contributed by atoms with Crippen LogP contribution in [0.25, 0.3) is 0 Å². The molecule has 0 saturated carbocycles. The molecule has 2 aliphatic heterocycles. The number of hydrogen-bond acceptors (Lipinski definition) is 3. The van der Waals surface area contributed by atoms with Crippen LogP contribution in [0.3, 0.4) is 0 Å². The van der Waals surface area contributed by atoms with Crippen molar-refractivity contribution in [3.63, 3.8) is 0 Å². The summed E-state index contributed by atoms with van der Waals surface area (Å²) in [5, 5.41) is 0. The van der Waals surface area contributed by atoms with Crippen molar-refractivity contribution in [1.82, 2.24) is 9.80 Å². The second-order valence-corrected chi connectivity index (χ2v) is 5.73. The molecule has 116 valence electrons. The van der Waals surface area contributed by atoms with Crippen LogP contribution in [-0.2, 0) is 20.9 Å². The number of rotatable bonds is 2. The van der Waals surface area contributed by atoms with Gasteiger partial charge in [0.15, 0.2) is 0 Å².